The molecule has 1 saturated heterocycles. The van der Waals surface area contributed by atoms with E-state index in [1.165, 1.54) is 4.90 Å². The lowest BCUT2D eigenvalue weighted by molar-refractivity contribution is -0.131. The number of nitrogens with zero attached hydrogens (tertiary/aromatic N) is 1. The molecule has 16 heavy (non-hydrogen) atoms. The quantitative estimate of drug-likeness (QED) is 0.455. The van der Waals surface area contributed by atoms with Crippen LogP contribution in [0.15, 0.2) is 0 Å². The number of urea groups is 1. The Labute approximate surface area is 100 Å². The zero-order valence-corrected chi connectivity index (χ0v) is 10.2. The van der Waals surface area contributed by atoms with Crippen molar-refractivity contribution in [1.82, 2.24) is 10.2 Å². The lowest BCUT2D eigenvalue weighted by Crippen LogP contribution is -2.46. The van der Waals surface area contributed by atoms with Crippen LogP contribution in [-0.4, -0.2) is 34.8 Å². The molecule has 2 aliphatic rings. The summed E-state index contributed by atoms with van der Waals surface area (Å²) < 4.78 is 0. The van der Waals surface area contributed by atoms with Crippen molar-refractivity contribution in [2.45, 2.75) is 38.1 Å². The second kappa shape index (κ2) is 4.24. The zero-order chi connectivity index (χ0) is 11.8. The van der Waals surface area contributed by atoms with Crippen molar-refractivity contribution >= 4 is 23.5 Å². The summed E-state index contributed by atoms with van der Waals surface area (Å²) in [6.45, 7) is 2.33. The van der Waals surface area contributed by atoms with Gasteiger partial charge in [0.1, 0.15) is 5.54 Å². The van der Waals surface area contributed by atoms with Gasteiger partial charge in [-0.1, -0.05) is 0 Å². The molecule has 1 unspecified atom stereocenters. The average molecular weight is 245 g/mol. The van der Waals surface area contributed by atoms with Crippen LogP contribution >= 0.6 is 11.6 Å². The van der Waals surface area contributed by atoms with E-state index in [9.17, 15) is 9.59 Å². The van der Waals surface area contributed by atoms with Gasteiger partial charge in [-0.25, -0.2) is 4.79 Å². The van der Waals surface area contributed by atoms with Crippen LogP contribution in [0.25, 0.3) is 0 Å². The van der Waals surface area contributed by atoms with E-state index in [0.29, 0.717) is 18.3 Å². The number of nitrogens with one attached hydrogen (secondary N) is 1. The molecule has 4 nitrogen and oxygen atoms in total. The number of unbranched alkanes of at least 4 members (excludes halogenated alkanes) is 1. The number of imide groups is 1. The van der Waals surface area contributed by atoms with E-state index in [0.717, 1.165) is 25.7 Å². The maximum absolute atomic E-state index is 12.1. The van der Waals surface area contributed by atoms with Crippen LogP contribution < -0.4 is 5.32 Å². The molecule has 1 N–H and O–H groups in total. The smallest absolute Gasteiger partial charge is 0.323 e. The normalized spacial score (nSPS) is 29.8. The molecule has 90 valence electrons. The predicted molar refractivity (Wildman–Crippen MR) is 61.3 cm³/mol. The minimum absolute atomic E-state index is 0.0606. The molecule has 0 aromatic carbocycles. The van der Waals surface area contributed by atoms with Crippen molar-refractivity contribution in [1.29, 1.82) is 0 Å². The third kappa shape index (κ3) is 1.90. The first-order valence-corrected chi connectivity index (χ1v) is 6.33. The fraction of sp³-hybridized carbons (Fsp3) is 0.818. The van der Waals surface area contributed by atoms with Crippen LogP contribution in [0.4, 0.5) is 4.79 Å². The van der Waals surface area contributed by atoms with Crippen LogP contribution in [-0.2, 0) is 4.79 Å². The number of hydrogen-bond acceptors (Lipinski definition) is 2. The molecule has 0 bridgehead atoms. The summed E-state index contributed by atoms with van der Waals surface area (Å²) in [6.07, 6.45) is 3.69. The van der Waals surface area contributed by atoms with Gasteiger partial charge in [0.15, 0.2) is 0 Å². The molecule has 1 aliphatic carbocycles. The maximum Gasteiger partial charge on any atom is 0.325 e. The van der Waals surface area contributed by atoms with Crippen LogP contribution in [0.2, 0.25) is 0 Å². The van der Waals surface area contributed by atoms with E-state index < -0.39 is 5.54 Å². The number of halogens is 1. The molecule has 1 heterocycles. The van der Waals surface area contributed by atoms with E-state index in [1.54, 1.807) is 0 Å². The monoisotopic (exact) mass is 244 g/mol. The summed E-state index contributed by atoms with van der Waals surface area (Å²) in [5.41, 5.74) is -0.641. The number of carbonyl (C=O) groups excluding carboxylic acids is 2. The fourth-order valence-corrected chi connectivity index (χ4v) is 2.41. The van der Waals surface area contributed by atoms with Gasteiger partial charge < -0.3 is 5.32 Å². The first kappa shape index (κ1) is 11.7. The van der Waals surface area contributed by atoms with E-state index in [1.807, 2.05) is 6.92 Å². The Morgan fingerprint density at radius 2 is 2.12 bits per heavy atom. The second-order valence-electron chi connectivity index (χ2n) is 4.76. The third-order valence-electron chi connectivity index (χ3n) is 3.46. The molecule has 2 fully saturated rings. The van der Waals surface area contributed by atoms with Crippen molar-refractivity contribution in [2.75, 3.05) is 12.4 Å². The Morgan fingerprint density at radius 3 is 2.69 bits per heavy atom. The number of hydrogen-bond donors (Lipinski definition) is 1. The van der Waals surface area contributed by atoms with Crippen molar-refractivity contribution < 1.29 is 9.59 Å². The molecule has 1 atom stereocenters. The fourth-order valence-electron chi connectivity index (χ4n) is 2.22. The molecule has 0 spiro atoms. The number of alkyl halides is 1. The molecule has 2 rings (SSSR count). The molecule has 3 amide bonds. The van der Waals surface area contributed by atoms with Gasteiger partial charge in [-0.3, -0.25) is 9.69 Å². The van der Waals surface area contributed by atoms with E-state index in [-0.39, 0.29) is 11.9 Å². The van der Waals surface area contributed by atoms with Crippen molar-refractivity contribution in [3.63, 3.8) is 0 Å². The van der Waals surface area contributed by atoms with Gasteiger partial charge in [0.25, 0.3) is 5.91 Å². The Bertz CT molecular complexity index is 317. The van der Waals surface area contributed by atoms with E-state index in [2.05, 4.69) is 5.32 Å². The average Bonchev–Trinajstić information content (AvgIpc) is 3.04. The van der Waals surface area contributed by atoms with Crippen LogP contribution in [0.5, 0.6) is 0 Å². The van der Waals surface area contributed by atoms with Gasteiger partial charge in [0, 0.05) is 12.4 Å². The van der Waals surface area contributed by atoms with Crippen LogP contribution in [0, 0.1) is 5.92 Å². The Hall–Kier alpha value is -0.770. The van der Waals surface area contributed by atoms with Gasteiger partial charge in [-0.2, -0.15) is 0 Å². The minimum Gasteiger partial charge on any atom is -0.323 e. The summed E-state index contributed by atoms with van der Waals surface area (Å²) in [5, 5.41) is 2.82. The van der Waals surface area contributed by atoms with Gasteiger partial charge in [-0.15, -0.1) is 11.6 Å². The zero-order valence-electron chi connectivity index (χ0n) is 9.46. The summed E-state index contributed by atoms with van der Waals surface area (Å²) in [6, 6.07) is -0.242. The molecule has 0 aromatic heterocycles. The highest BCUT2D eigenvalue weighted by molar-refractivity contribution is 6.17. The summed E-state index contributed by atoms with van der Waals surface area (Å²) >= 11 is 5.57. The second-order valence-corrected chi connectivity index (χ2v) is 5.14. The molecule has 5 heteroatoms. The lowest BCUT2D eigenvalue weighted by Gasteiger charge is -2.20. The molecule has 1 saturated carbocycles. The Morgan fingerprint density at radius 1 is 1.44 bits per heavy atom. The highest BCUT2D eigenvalue weighted by Gasteiger charge is 2.55. The maximum atomic E-state index is 12.1. The van der Waals surface area contributed by atoms with Gasteiger partial charge in [-0.05, 0) is 38.5 Å². The Balaban J connectivity index is 1.99. The van der Waals surface area contributed by atoms with Crippen molar-refractivity contribution in [3.8, 4) is 0 Å². The van der Waals surface area contributed by atoms with Gasteiger partial charge >= 0.3 is 6.03 Å². The Kier molecular flexibility index (Phi) is 3.10. The molecule has 0 aromatic rings. The first-order chi connectivity index (χ1) is 7.59. The largest absolute Gasteiger partial charge is 0.325 e. The molecule has 1 aliphatic heterocycles. The van der Waals surface area contributed by atoms with Gasteiger partial charge in [0.2, 0.25) is 0 Å². The van der Waals surface area contributed by atoms with Crippen LogP contribution in [0.3, 0.4) is 0 Å². The lowest BCUT2D eigenvalue weighted by atomic mass is 9.96. The molecular weight excluding hydrogens is 228 g/mol. The summed E-state index contributed by atoms with van der Waals surface area (Å²) in [4.78, 5) is 25.1. The summed E-state index contributed by atoms with van der Waals surface area (Å²) in [7, 11) is 0. The number of amides is 3. The third-order valence-corrected chi connectivity index (χ3v) is 3.73. The van der Waals surface area contributed by atoms with E-state index >= 15 is 0 Å². The molecular formula is C11H17ClN2O2. The predicted octanol–water partition coefficient (Wildman–Crippen LogP) is 1.73. The topological polar surface area (TPSA) is 49.4 Å². The minimum atomic E-state index is -0.641. The summed E-state index contributed by atoms with van der Waals surface area (Å²) in [5.74, 6) is 0.848. The van der Waals surface area contributed by atoms with Crippen molar-refractivity contribution in [3.05, 3.63) is 0 Å². The van der Waals surface area contributed by atoms with Crippen LogP contribution in [0.1, 0.15) is 32.6 Å². The molecule has 0 radical (unpaired) electrons. The first-order valence-electron chi connectivity index (χ1n) is 5.79. The van der Waals surface area contributed by atoms with Gasteiger partial charge in [0.05, 0.1) is 0 Å². The highest BCUT2D eigenvalue weighted by atomic mass is 35.5. The highest BCUT2D eigenvalue weighted by Crippen LogP contribution is 2.42. The van der Waals surface area contributed by atoms with E-state index in [4.69, 9.17) is 11.6 Å². The number of rotatable bonds is 5. The number of carbonyl (C=O) groups is 2. The SMILES string of the molecule is CC1(C2CC2)NC(=O)N(CCCCCl)C1=O. The van der Waals surface area contributed by atoms with Crippen molar-refractivity contribution in [2.24, 2.45) is 5.92 Å². The standard InChI is InChI=1S/C11H17ClN2O2/c1-11(8-4-5-8)9(15)14(10(16)13-11)7-3-2-6-12/h8H,2-7H2,1H3,(H,13,16).